The zero-order valence-corrected chi connectivity index (χ0v) is 14.6. The average molecular weight is 333 g/mol. The number of benzene rings is 1. The maximum absolute atomic E-state index is 12.1. The molecule has 0 N–H and O–H groups in total. The molecule has 0 aliphatic carbocycles. The maximum atomic E-state index is 12.1. The van der Waals surface area contributed by atoms with Crippen LogP contribution >= 0.6 is 0 Å². The lowest BCUT2D eigenvalue weighted by Gasteiger charge is -2.15. The van der Waals surface area contributed by atoms with Crippen molar-refractivity contribution in [2.75, 3.05) is 19.8 Å². The molecule has 1 aromatic rings. The summed E-state index contributed by atoms with van der Waals surface area (Å²) in [5, 5.41) is 3.46. The average Bonchev–Trinajstić information content (AvgIpc) is 2.60. The van der Waals surface area contributed by atoms with E-state index in [2.05, 4.69) is 16.9 Å². The molecule has 0 saturated heterocycles. The Balaban J connectivity index is 2.52. The van der Waals surface area contributed by atoms with Crippen molar-refractivity contribution in [1.29, 1.82) is 0 Å². The van der Waals surface area contributed by atoms with Crippen LogP contribution in [0, 0.1) is 5.92 Å². The molecule has 0 amide bonds. The third-order valence-corrected chi connectivity index (χ3v) is 3.67. The number of esters is 1. The predicted molar refractivity (Wildman–Crippen MR) is 93.9 cm³/mol. The lowest BCUT2D eigenvalue weighted by Crippen LogP contribution is -2.20. The van der Waals surface area contributed by atoms with Crippen LogP contribution in [0.2, 0.25) is 0 Å². The maximum Gasteiger partial charge on any atom is 0.309 e. The predicted octanol–water partition coefficient (Wildman–Crippen LogP) is 4.68. The molecule has 0 radical (unpaired) electrons. The SMILES string of the molecule is CCCCC(Cc1ccc(OCCCN=[N+]=[N-])cc1)C(=O)OCC. The van der Waals surface area contributed by atoms with E-state index < -0.39 is 0 Å². The summed E-state index contributed by atoms with van der Waals surface area (Å²) in [6.45, 7) is 5.33. The number of ether oxygens (including phenoxy) is 2. The van der Waals surface area contributed by atoms with Crippen LogP contribution in [-0.4, -0.2) is 25.7 Å². The van der Waals surface area contributed by atoms with Gasteiger partial charge < -0.3 is 9.47 Å². The van der Waals surface area contributed by atoms with E-state index in [0.717, 1.165) is 30.6 Å². The Morgan fingerprint density at radius 3 is 2.62 bits per heavy atom. The van der Waals surface area contributed by atoms with Gasteiger partial charge in [0.2, 0.25) is 0 Å². The van der Waals surface area contributed by atoms with Crippen molar-refractivity contribution in [1.82, 2.24) is 0 Å². The van der Waals surface area contributed by atoms with Crippen molar-refractivity contribution >= 4 is 5.97 Å². The minimum absolute atomic E-state index is 0.0829. The zero-order chi connectivity index (χ0) is 17.6. The second kappa shape index (κ2) is 12.3. The van der Waals surface area contributed by atoms with Crippen molar-refractivity contribution < 1.29 is 14.3 Å². The Hall–Kier alpha value is -2.20. The Labute approximate surface area is 143 Å². The molecule has 0 aliphatic rings. The molecule has 0 aromatic heterocycles. The Bertz CT molecular complexity index is 525. The number of hydrogen-bond donors (Lipinski definition) is 0. The molecule has 1 rings (SSSR count). The van der Waals surface area contributed by atoms with E-state index in [1.54, 1.807) is 0 Å². The number of carbonyl (C=O) groups excluding carboxylic acids is 1. The summed E-state index contributed by atoms with van der Waals surface area (Å²) >= 11 is 0. The van der Waals surface area contributed by atoms with Gasteiger partial charge in [0.1, 0.15) is 5.75 Å². The molecule has 1 atom stereocenters. The standard InChI is InChI=1S/C18H27N3O3/c1-3-5-7-16(18(22)23-4-2)14-15-8-10-17(11-9-15)24-13-6-12-20-21-19/h8-11,16H,3-7,12-14H2,1-2H3. The van der Waals surface area contributed by atoms with Crippen molar-refractivity contribution in [3.63, 3.8) is 0 Å². The van der Waals surface area contributed by atoms with E-state index in [9.17, 15) is 4.79 Å². The van der Waals surface area contributed by atoms with E-state index >= 15 is 0 Å². The van der Waals surface area contributed by atoms with E-state index in [1.165, 1.54) is 0 Å². The fourth-order valence-electron chi connectivity index (χ4n) is 2.39. The van der Waals surface area contributed by atoms with Crippen LogP contribution in [0.4, 0.5) is 0 Å². The highest BCUT2D eigenvalue weighted by Gasteiger charge is 2.19. The van der Waals surface area contributed by atoms with Crippen LogP contribution in [0.1, 0.15) is 45.1 Å². The Morgan fingerprint density at radius 2 is 2.00 bits per heavy atom. The first-order valence-corrected chi connectivity index (χ1v) is 8.60. The quantitative estimate of drug-likeness (QED) is 0.183. The highest BCUT2D eigenvalue weighted by molar-refractivity contribution is 5.72. The van der Waals surface area contributed by atoms with Gasteiger partial charge in [0.05, 0.1) is 19.1 Å². The first-order valence-electron chi connectivity index (χ1n) is 8.60. The van der Waals surface area contributed by atoms with Crippen LogP contribution in [0.3, 0.4) is 0 Å². The van der Waals surface area contributed by atoms with Gasteiger partial charge in [-0.15, -0.1) is 0 Å². The first-order chi connectivity index (χ1) is 11.7. The van der Waals surface area contributed by atoms with Gasteiger partial charge >= 0.3 is 5.97 Å². The molecular weight excluding hydrogens is 306 g/mol. The third-order valence-electron chi connectivity index (χ3n) is 3.67. The molecule has 0 bridgehead atoms. The molecule has 6 heteroatoms. The summed E-state index contributed by atoms with van der Waals surface area (Å²) in [5.74, 6) is 0.589. The third kappa shape index (κ3) is 7.88. The summed E-state index contributed by atoms with van der Waals surface area (Å²) in [4.78, 5) is 14.8. The highest BCUT2D eigenvalue weighted by Crippen LogP contribution is 2.20. The van der Waals surface area contributed by atoms with Gasteiger partial charge in [-0.2, -0.15) is 0 Å². The van der Waals surface area contributed by atoms with Gasteiger partial charge in [0.25, 0.3) is 0 Å². The molecule has 132 valence electrons. The number of azide groups is 1. The number of unbranched alkanes of at least 4 members (excludes halogenated alkanes) is 1. The molecule has 0 aliphatic heterocycles. The largest absolute Gasteiger partial charge is 0.494 e. The van der Waals surface area contributed by atoms with Crippen molar-refractivity contribution in [2.45, 2.75) is 46.0 Å². The molecule has 24 heavy (non-hydrogen) atoms. The number of rotatable bonds is 12. The van der Waals surface area contributed by atoms with Gasteiger partial charge in [0.15, 0.2) is 0 Å². The molecule has 6 nitrogen and oxygen atoms in total. The van der Waals surface area contributed by atoms with Crippen LogP contribution < -0.4 is 4.74 Å². The fraction of sp³-hybridized carbons (Fsp3) is 0.611. The van der Waals surface area contributed by atoms with Gasteiger partial charge in [-0.3, -0.25) is 4.79 Å². The van der Waals surface area contributed by atoms with E-state index in [4.69, 9.17) is 15.0 Å². The summed E-state index contributed by atoms with van der Waals surface area (Å²) in [7, 11) is 0. The molecule has 0 heterocycles. The summed E-state index contributed by atoms with van der Waals surface area (Å²) in [5.41, 5.74) is 9.30. The van der Waals surface area contributed by atoms with Crippen LogP contribution in [0.15, 0.2) is 29.4 Å². The minimum Gasteiger partial charge on any atom is -0.494 e. The lowest BCUT2D eigenvalue weighted by molar-refractivity contribution is -0.148. The van der Waals surface area contributed by atoms with Gasteiger partial charge in [0, 0.05) is 11.5 Å². The molecule has 0 saturated carbocycles. The minimum atomic E-state index is -0.107. The first kappa shape index (κ1) is 19.8. The Kier molecular flexibility index (Phi) is 10.1. The molecular formula is C18H27N3O3. The van der Waals surface area contributed by atoms with E-state index in [0.29, 0.717) is 32.6 Å². The molecule has 1 unspecified atom stereocenters. The van der Waals surface area contributed by atoms with E-state index in [1.807, 2.05) is 31.2 Å². The van der Waals surface area contributed by atoms with Crippen LogP contribution in [-0.2, 0) is 16.0 Å². The molecule has 0 spiro atoms. The second-order valence-corrected chi connectivity index (χ2v) is 5.60. The Morgan fingerprint density at radius 1 is 1.25 bits per heavy atom. The summed E-state index contributed by atoms with van der Waals surface area (Å²) < 4.78 is 10.8. The normalized spacial score (nSPS) is 11.4. The summed E-state index contributed by atoms with van der Waals surface area (Å²) in [6.07, 6.45) is 4.32. The van der Waals surface area contributed by atoms with Crippen molar-refractivity contribution in [3.05, 3.63) is 40.3 Å². The molecule has 1 aromatic carbocycles. The van der Waals surface area contributed by atoms with Gasteiger partial charge in [-0.05, 0) is 49.4 Å². The number of hydrogen-bond acceptors (Lipinski definition) is 4. The van der Waals surface area contributed by atoms with Crippen molar-refractivity contribution in [2.24, 2.45) is 11.0 Å². The fourth-order valence-corrected chi connectivity index (χ4v) is 2.39. The van der Waals surface area contributed by atoms with Crippen LogP contribution in [0.5, 0.6) is 5.75 Å². The lowest BCUT2D eigenvalue weighted by atomic mass is 9.94. The van der Waals surface area contributed by atoms with Crippen LogP contribution in [0.25, 0.3) is 10.4 Å². The van der Waals surface area contributed by atoms with Gasteiger partial charge in [-0.25, -0.2) is 0 Å². The number of carbonyl (C=O) groups is 1. The smallest absolute Gasteiger partial charge is 0.309 e. The monoisotopic (exact) mass is 333 g/mol. The second-order valence-electron chi connectivity index (χ2n) is 5.60. The van der Waals surface area contributed by atoms with Crippen molar-refractivity contribution in [3.8, 4) is 5.75 Å². The summed E-state index contributed by atoms with van der Waals surface area (Å²) in [6, 6.07) is 7.79. The zero-order valence-electron chi connectivity index (χ0n) is 14.6. The van der Waals surface area contributed by atoms with E-state index in [-0.39, 0.29) is 11.9 Å². The molecule has 0 fully saturated rings. The van der Waals surface area contributed by atoms with Gasteiger partial charge in [-0.1, -0.05) is 37.0 Å². The topological polar surface area (TPSA) is 84.3 Å². The highest BCUT2D eigenvalue weighted by atomic mass is 16.5. The number of nitrogens with zero attached hydrogens (tertiary/aromatic N) is 3.